The van der Waals surface area contributed by atoms with Crippen LogP contribution in [-0.4, -0.2) is 54.1 Å². The number of aryl methyl sites for hydroxylation is 1. The fraction of sp³-hybridized carbons (Fsp3) is 0.500. The summed E-state index contributed by atoms with van der Waals surface area (Å²) in [5, 5.41) is 2.98. The van der Waals surface area contributed by atoms with Gasteiger partial charge >= 0.3 is 0 Å². The first-order valence-electron chi connectivity index (χ1n) is 7.71. The lowest BCUT2D eigenvalue weighted by Crippen LogP contribution is -3.12. The number of thioether (sulfide) groups is 1. The van der Waals surface area contributed by atoms with E-state index in [0.29, 0.717) is 5.75 Å². The van der Waals surface area contributed by atoms with Gasteiger partial charge in [0.1, 0.15) is 4.32 Å². The molecule has 120 valence electrons. The van der Waals surface area contributed by atoms with Gasteiger partial charge in [-0.2, -0.15) is 0 Å². The zero-order valence-corrected chi connectivity index (χ0v) is 14.9. The molecule has 6 heteroatoms. The zero-order chi connectivity index (χ0) is 15.9. The van der Waals surface area contributed by atoms with E-state index < -0.39 is 0 Å². The SMILES string of the molecule is CCc1ccccc1NC(=O)CSC(=S)N1CC[NH+](C)CC1. The van der Waals surface area contributed by atoms with Crippen molar-refractivity contribution in [3.63, 3.8) is 0 Å². The highest BCUT2D eigenvalue weighted by Gasteiger charge is 2.19. The molecular formula is C16H24N3OS2+. The molecule has 0 bridgehead atoms. The topological polar surface area (TPSA) is 36.8 Å². The number of amides is 1. The molecule has 0 atom stereocenters. The molecule has 1 aromatic carbocycles. The zero-order valence-electron chi connectivity index (χ0n) is 13.2. The van der Waals surface area contributed by atoms with Crippen molar-refractivity contribution in [3.05, 3.63) is 29.8 Å². The van der Waals surface area contributed by atoms with Crippen LogP contribution in [0, 0.1) is 0 Å². The molecule has 0 aromatic heterocycles. The Morgan fingerprint density at radius 3 is 2.73 bits per heavy atom. The molecule has 2 N–H and O–H groups in total. The van der Waals surface area contributed by atoms with Crippen molar-refractivity contribution < 1.29 is 9.69 Å². The standard InChI is InChI=1S/C16H23N3OS2/c1-3-13-6-4-5-7-14(13)17-15(20)12-22-16(21)19-10-8-18(2)9-11-19/h4-7H,3,8-12H2,1-2H3,(H,17,20)/p+1. The van der Waals surface area contributed by atoms with Crippen LogP contribution in [0.25, 0.3) is 0 Å². The Labute approximate surface area is 142 Å². The lowest BCUT2D eigenvalue weighted by Gasteiger charge is -2.31. The molecule has 0 unspecified atom stereocenters. The Hall–Kier alpha value is -1.11. The van der Waals surface area contributed by atoms with Crippen LogP contribution in [0.3, 0.4) is 0 Å². The van der Waals surface area contributed by atoms with Gasteiger partial charge in [-0.05, 0) is 18.1 Å². The first-order chi connectivity index (χ1) is 10.6. The molecule has 0 saturated carbocycles. The summed E-state index contributed by atoms with van der Waals surface area (Å²) in [4.78, 5) is 15.9. The number of rotatable bonds is 4. The number of hydrogen-bond donors (Lipinski definition) is 2. The minimum Gasteiger partial charge on any atom is -0.346 e. The van der Waals surface area contributed by atoms with Crippen LogP contribution < -0.4 is 10.2 Å². The van der Waals surface area contributed by atoms with Crippen molar-refractivity contribution in [3.8, 4) is 0 Å². The van der Waals surface area contributed by atoms with E-state index in [0.717, 1.165) is 48.2 Å². The van der Waals surface area contributed by atoms with Gasteiger partial charge < -0.3 is 15.1 Å². The van der Waals surface area contributed by atoms with Gasteiger partial charge in [-0.1, -0.05) is 49.1 Å². The van der Waals surface area contributed by atoms with Crippen LogP contribution in [-0.2, 0) is 11.2 Å². The summed E-state index contributed by atoms with van der Waals surface area (Å²) in [6.07, 6.45) is 0.908. The number of benzene rings is 1. The van der Waals surface area contributed by atoms with Gasteiger partial charge in [0.15, 0.2) is 0 Å². The van der Waals surface area contributed by atoms with Crippen LogP contribution in [0.2, 0.25) is 0 Å². The van der Waals surface area contributed by atoms with Gasteiger partial charge in [-0.3, -0.25) is 4.79 Å². The maximum Gasteiger partial charge on any atom is 0.234 e. The minimum absolute atomic E-state index is 0.00741. The second-order valence-corrected chi connectivity index (χ2v) is 7.17. The Morgan fingerprint density at radius 2 is 2.05 bits per heavy atom. The van der Waals surface area contributed by atoms with Crippen molar-refractivity contribution in [2.45, 2.75) is 13.3 Å². The molecule has 1 saturated heterocycles. The lowest BCUT2D eigenvalue weighted by atomic mass is 10.1. The number of likely N-dealkylation sites (N-methyl/N-ethyl adjacent to an activating group) is 1. The molecule has 2 rings (SSSR count). The van der Waals surface area contributed by atoms with Crippen molar-refractivity contribution in [1.82, 2.24) is 4.90 Å². The second-order valence-electron chi connectivity index (χ2n) is 5.56. The monoisotopic (exact) mass is 338 g/mol. The van der Waals surface area contributed by atoms with Crippen LogP contribution in [0.5, 0.6) is 0 Å². The van der Waals surface area contributed by atoms with E-state index in [-0.39, 0.29) is 5.91 Å². The lowest BCUT2D eigenvalue weighted by molar-refractivity contribution is -0.883. The van der Waals surface area contributed by atoms with Crippen molar-refractivity contribution >= 4 is 39.9 Å². The maximum absolute atomic E-state index is 12.1. The molecule has 0 spiro atoms. The highest BCUT2D eigenvalue weighted by atomic mass is 32.2. The average molecular weight is 339 g/mol. The third kappa shape index (κ3) is 4.97. The number of piperazine rings is 1. The number of anilines is 1. The van der Waals surface area contributed by atoms with Crippen molar-refractivity contribution in [2.24, 2.45) is 0 Å². The van der Waals surface area contributed by atoms with Gasteiger partial charge in [0.2, 0.25) is 5.91 Å². The molecule has 1 aliphatic rings. The molecule has 0 aliphatic carbocycles. The quantitative estimate of drug-likeness (QED) is 0.805. The van der Waals surface area contributed by atoms with Gasteiger partial charge in [-0.25, -0.2) is 0 Å². The smallest absolute Gasteiger partial charge is 0.234 e. The number of para-hydroxylation sites is 1. The minimum atomic E-state index is 0.00741. The number of nitrogens with zero attached hydrogens (tertiary/aromatic N) is 1. The Balaban J connectivity index is 1.79. The molecule has 1 amide bonds. The summed E-state index contributed by atoms with van der Waals surface area (Å²) in [5.74, 6) is 0.379. The predicted octanol–water partition coefficient (Wildman–Crippen LogP) is 1.04. The number of carbonyl (C=O) groups excluding carboxylic acids is 1. The Bertz CT molecular complexity index is 528. The number of carbonyl (C=O) groups is 1. The normalized spacial score (nSPS) is 15.6. The molecule has 1 aliphatic heterocycles. The van der Waals surface area contributed by atoms with Gasteiger partial charge in [-0.15, -0.1) is 0 Å². The maximum atomic E-state index is 12.1. The molecule has 1 aromatic rings. The highest BCUT2D eigenvalue weighted by molar-refractivity contribution is 8.23. The fourth-order valence-electron chi connectivity index (χ4n) is 2.43. The molecule has 0 radical (unpaired) electrons. The number of thiocarbonyl (C=S) groups is 1. The highest BCUT2D eigenvalue weighted by Crippen LogP contribution is 2.16. The van der Waals surface area contributed by atoms with Crippen LogP contribution >= 0.6 is 24.0 Å². The average Bonchev–Trinajstić information content (AvgIpc) is 2.54. The van der Waals surface area contributed by atoms with E-state index in [1.807, 2.05) is 24.3 Å². The van der Waals surface area contributed by atoms with Crippen LogP contribution in [0.4, 0.5) is 5.69 Å². The molecule has 1 heterocycles. The van der Waals surface area contributed by atoms with Crippen molar-refractivity contribution in [2.75, 3.05) is 44.3 Å². The van der Waals surface area contributed by atoms with E-state index in [9.17, 15) is 4.79 Å². The molecule has 22 heavy (non-hydrogen) atoms. The number of quaternary nitrogens is 1. The van der Waals surface area contributed by atoms with E-state index in [1.165, 1.54) is 16.7 Å². The van der Waals surface area contributed by atoms with E-state index >= 15 is 0 Å². The third-order valence-electron chi connectivity index (χ3n) is 3.87. The Kier molecular flexibility index (Phi) is 6.67. The summed E-state index contributed by atoms with van der Waals surface area (Å²) in [6, 6.07) is 7.93. The second kappa shape index (κ2) is 8.50. The van der Waals surface area contributed by atoms with E-state index in [2.05, 4.69) is 24.2 Å². The van der Waals surface area contributed by atoms with Gasteiger partial charge in [0.05, 0.1) is 39.0 Å². The first-order valence-corrected chi connectivity index (χ1v) is 9.10. The van der Waals surface area contributed by atoms with E-state index in [4.69, 9.17) is 12.2 Å². The van der Waals surface area contributed by atoms with Gasteiger partial charge in [0, 0.05) is 5.69 Å². The van der Waals surface area contributed by atoms with Gasteiger partial charge in [0.25, 0.3) is 0 Å². The summed E-state index contributed by atoms with van der Waals surface area (Å²) in [7, 11) is 2.20. The van der Waals surface area contributed by atoms with Crippen molar-refractivity contribution in [1.29, 1.82) is 0 Å². The fourth-order valence-corrected chi connectivity index (χ4v) is 3.48. The van der Waals surface area contributed by atoms with Crippen LogP contribution in [0.15, 0.2) is 24.3 Å². The molecule has 4 nitrogen and oxygen atoms in total. The predicted molar refractivity (Wildman–Crippen MR) is 97.7 cm³/mol. The van der Waals surface area contributed by atoms with Crippen LogP contribution in [0.1, 0.15) is 12.5 Å². The summed E-state index contributed by atoms with van der Waals surface area (Å²) >= 11 is 6.90. The summed E-state index contributed by atoms with van der Waals surface area (Å²) in [5.41, 5.74) is 2.06. The first kappa shape index (κ1) is 17.2. The largest absolute Gasteiger partial charge is 0.346 e. The van der Waals surface area contributed by atoms with E-state index in [1.54, 1.807) is 0 Å². The molecular weight excluding hydrogens is 314 g/mol. The number of hydrogen-bond acceptors (Lipinski definition) is 3. The molecule has 1 fully saturated rings. The Morgan fingerprint density at radius 1 is 1.36 bits per heavy atom. The number of nitrogens with one attached hydrogen (secondary N) is 2. The summed E-state index contributed by atoms with van der Waals surface area (Å²) in [6.45, 7) is 6.27. The third-order valence-corrected chi connectivity index (χ3v) is 5.40. The summed E-state index contributed by atoms with van der Waals surface area (Å²) < 4.78 is 0.839.